The van der Waals surface area contributed by atoms with Crippen LogP contribution in [0.5, 0.6) is 0 Å². The molecule has 30 heavy (non-hydrogen) atoms. The van der Waals surface area contributed by atoms with E-state index < -0.39 is 0 Å². The van der Waals surface area contributed by atoms with E-state index in [2.05, 4.69) is 20.7 Å². The minimum absolute atomic E-state index is 0.0435. The Morgan fingerprint density at radius 3 is 2.60 bits per heavy atom. The van der Waals surface area contributed by atoms with Crippen LogP contribution in [0, 0.1) is 0 Å². The molecule has 2 N–H and O–H groups in total. The Kier molecular flexibility index (Phi) is 9.05. The van der Waals surface area contributed by atoms with Crippen LogP contribution in [0.15, 0.2) is 52.9 Å². The molecule has 7 heteroatoms. The van der Waals surface area contributed by atoms with Gasteiger partial charge in [-0.05, 0) is 68.8 Å². The maximum Gasteiger partial charge on any atom is 0.257 e. The van der Waals surface area contributed by atoms with E-state index in [1.165, 1.54) is 6.42 Å². The molecular formula is C23H30N4O2S. The molecule has 1 aliphatic heterocycles. The zero-order chi connectivity index (χ0) is 21.0. The molecule has 1 atom stereocenters. The van der Waals surface area contributed by atoms with Crippen molar-refractivity contribution in [2.24, 2.45) is 5.10 Å². The van der Waals surface area contributed by atoms with Crippen LogP contribution in [-0.4, -0.2) is 48.6 Å². The molecule has 2 amide bonds. The van der Waals surface area contributed by atoms with E-state index in [9.17, 15) is 9.59 Å². The number of hydrogen-bond donors (Lipinski definition) is 2. The molecule has 0 radical (unpaired) electrons. The molecule has 1 aliphatic rings. The van der Waals surface area contributed by atoms with Crippen LogP contribution < -0.4 is 10.7 Å². The summed E-state index contributed by atoms with van der Waals surface area (Å²) < 4.78 is 0. The van der Waals surface area contributed by atoms with Gasteiger partial charge >= 0.3 is 0 Å². The first-order valence-corrected chi connectivity index (χ1v) is 11.6. The second-order valence-corrected chi connectivity index (χ2v) is 8.46. The number of amides is 2. The average molecular weight is 427 g/mol. The highest BCUT2D eigenvalue weighted by Crippen LogP contribution is 2.16. The summed E-state index contributed by atoms with van der Waals surface area (Å²) in [4.78, 5) is 28.2. The third kappa shape index (κ3) is 7.07. The third-order valence-corrected chi connectivity index (χ3v) is 6.08. The Hall–Kier alpha value is -2.51. The summed E-state index contributed by atoms with van der Waals surface area (Å²) >= 11 is 1.59. The van der Waals surface area contributed by atoms with Crippen molar-refractivity contribution in [3.63, 3.8) is 0 Å². The second kappa shape index (κ2) is 12.2. The Morgan fingerprint density at radius 1 is 1.07 bits per heavy atom. The second-order valence-electron chi connectivity index (χ2n) is 7.48. The first-order valence-electron chi connectivity index (χ1n) is 10.7. The van der Waals surface area contributed by atoms with Crippen molar-refractivity contribution in [2.75, 3.05) is 19.6 Å². The largest absolute Gasteiger partial charge is 0.352 e. The number of piperidine rings is 1. The molecule has 1 aromatic carbocycles. The van der Waals surface area contributed by atoms with E-state index in [0.717, 1.165) is 50.1 Å². The van der Waals surface area contributed by atoms with Gasteiger partial charge in [0.2, 0.25) is 0 Å². The summed E-state index contributed by atoms with van der Waals surface area (Å²) in [5, 5.41) is 9.07. The van der Waals surface area contributed by atoms with Gasteiger partial charge in [0, 0.05) is 17.0 Å². The zero-order valence-electron chi connectivity index (χ0n) is 17.3. The Bertz CT molecular complexity index is 802. The van der Waals surface area contributed by atoms with Crippen LogP contribution in [-0.2, 0) is 4.79 Å². The predicted molar refractivity (Wildman–Crippen MR) is 122 cm³/mol. The monoisotopic (exact) mass is 426 g/mol. The molecule has 1 fully saturated rings. The minimum atomic E-state index is -0.171. The Morgan fingerprint density at radius 2 is 1.87 bits per heavy atom. The number of unbranched alkanes of at least 4 members (excludes halogenated alkanes) is 1. The highest BCUT2D eigenvalue weighted by Gasteiger charge is 2.26. The summed E-state index contributed by atoms with van der Waals surface area (Å²) in [7, 11) is 0. The van der Waals surface area contributed by atoms with Crippen molar-refractivity contribution >= 4 is 29.4 Å². The molecule has 0 aliphatic carbocycles. The molecular weight excluding hydrogens is 396 g/mol. The maximum absolute atomic E-state index is 12.8. The molecule has 0 saturated carbocycles. The maximum atomic E-state index is 12.8. The van der Waals surface area contributed by atoms with Crippen LogP contribution in [0.3, 0.4) is 0 Å². The molecule has 3 rings (SSSR count). The number of thiophene rings is 1. The number of nitrogens with zero attached hydrogens (tertiary/aromatic N) is 2. The van der Waals surface area contributed by atoms with Gasteiger partial charge in [-0.2, -0.15) is 5.10 Å². The van der Waals surface area contributed by atoms with Crippen molar-refractivity contribution in [1.82, 2.24) is 15.6 Å². The smallest absolute Gasteiger partial charge is 0.257 e. The fourth-order valence-electron chi connectivity index (χ4n) is 3.66. The summed E-state index contributed by atoms with van der Waals surface area (Å²) in [6, 6.07) is 13.0. The normalized spacial score (nSPS) is 15.7. The van der Waals surface area contributed by atoms with Gasteiger partial charge < -0.3 is 5.32 Å². The van der Waals surface area contributed by atoms with Gasteiger partial charge in [-0.25, -0.2) is 5.43 Å². The zero-order valence-corrected chi connectivity index (χ0v) is 18.1. The van der Waals surface area contributed by atoms with Crippen molar-refractivity contribution < 1.29 is 9.59 Å². The van der Waals surface area contributed by atoms with E-state index in [1.54, 1.807) is 17.6 Å². The number of rotatable bonds is 10. The Balaban J connectivity index is 1.45. The van der Waals surface area contributed by atoms with E-state index in [1.807, 2.05) is 47.8 Å². The fourth-order valence-corrected chi connectivity index (χ4v) is 4.25. The number of carbonyl (C=O) groups excluding carboxylic acids is 2. The number of likely N-dealkylation sites (tertiary alicyclic amines) is 1. The highest BCUT2D eigenvalue weighted by atomic mass is 32.1. The molecule has 2 aromatic rings. The number of benzene rings is 1. The third-order valence-electron chi connectivity index (χ3n) is 5.27. The highest BCUT2D eigenvalue weighted by molar-refractivity contribution is 7.11. The summed E-state index contributed by atoms with van der Waals surface area (Å²) in [5.74, 6) is -0.0955. The van der Waals surface area contributed by atoms with Gasteiger partial charge in [0.05, 0.1) is 12.3 Å². The van der Waals surface area contributed by atoms with Crippen molar-refractivity contribution in [1.29, 1.82) is 0 Å². The van der Waals surface area contributed by atoms with Crippen LogP contribution in [0.1, 0.15) is 53.8 Å². The lowest BCUT2D eigenvalue weighted by Crippen LogP contribution is -2.47. The van der Waals surface area contributed by atoms with Crippen molar-refractivity contribution in [3.05, 3.63) is 58.3 Å². The summed E-state index contributed by atoms with van der Waals surface area (Å²) in [6.45, 7) is 2.52. The predicted octanol–water partition coefficient (Wildman–Crippen LogP) is 3.65. The van der Waals surface area contributed by atoms with E-state index >= 15 is 0 Å². The van der Waals surface area contributed by atoms with E-state index in [-0.39, 0.29) is 17.9 Å². The van der Waals surface area contributed by atoms with Crippen LogP contribution in [0.4, 0.5) is 0 Å². The number of hydrogen-bond acceptors (Lipinski definition) is 5. The lowest BCUT2D eigenvalue weighted by molar-refractivity contribution is -0.127. The first-order chi connectivity index (χ1) is 14.7. The molecule has 1 saturated heterocycles. The van der Waals surface area contributed by atoms with Crippen LogP contribution in [0.2, 0.25) is 0 Å². The van der Waals surface area contributed by atoms with Crippen LogP contribution >= 0.6 is 11.3 Å². The number of hydrazone groups is 1. The minimum Gasteiger partial charge on any atom is -0.352 e. The number of carbonyl (C=O) groups is 2. The molecule has 0 spiro atoms. The number of nitrogens with one attached hydrogen (secondary N) is 2. The molecule has 0 bridgehead atoms. The van der Waals surface area contributed by atoms with Crippen LogP contribution in [0.25, 0.3) is 0 Å². The summed E-state index contributed by atoms with van der Waals surface area (Å²) in [5.41, 5.74) is 3.40. The van der Waals surface area contributed by atoms with Gasteiger partial charge in [-0.3, -0.25) is 14.5 Å². The Labute approximate surface area is 182 Å². The summed E-state index contributed by atoms with van der Waals surface area (Å²) in [6.07, 6.45) is 7.67. The van der Waals surface area contributed by atoms with E-state index in [4.69, 9.17) is 0 Å². The lowest BCUT2D eigenvalue weighted by Gasteiger charge is -2.33. The van der Waals surface area contributed by atoms with Crippen molar-refractivity contribution in [3.8, 4) is 0 Å². The van der Waals surface area contributed by atoms with Crippen molar-refractivity contribution in [2.45, 2.75) is 44.6 Å². The standard InChI is InChI=1S/C23H30N4O2S/c28-22(19-10-3-1-4-11-19)24-14-6-5-13-21(27-15-7-2-8-16-27)23(29)26-25-18-20-12-9-17-30-20/h1,3-4,9-12,17-18,21H,2,5-8,13-16H2,(H,24,28)(H,26,29)/b25-18+/t21-/m1/s1. The van der Waals surface area contributed by atoms with E-state index in [0.29, 0.717) is 12.1 Å². The first kappa shape index (κ1) is 22.2. The molecule has 0 unspecified atom stereocenters. The molecule has 6 nitrogen and oxygen atoms in total. The van der Waals surface area contributed by atoms with Gasteiger partial charge in [0.25, 0.3) is 11.8 Å². The van der Waals surface area contributed by atoms with Gasteiger partial charge in [-0.15, -0.1) is 11.3 Å². The quantitative estimate of drug-likeness (QED) is 0.346. The molecule has 160 valence electrons. The lowest BCUT2D eigenvalue weighted by atomic mass is 10.0. The molecule has 1 aromatic heterocycles. The van der Waals surface area contributed by atoms with Gasteiger partial charge in [0.15, 0.2) is 0 Å². The van der Waals surface area contributed by atoms with Gasteiger partial charge in [0.1, 0.15) is 0 Å². The SMILES string of the molecule is O=C(NCCCC[C@H](C(=O)N/N=C/c1cccs1)N1CCCCC1)c1ccccc1. The fraction of sp³-hybridized carbons (Fsp3) is 0.435. The molecule has 2 heterocycles. The topological polar surface area (TPSA) is 73.8 Å². The van der Waals surface area contributed by atoms with Gasteiger partial charge in [-0.1, -0.05) is 30.7 Å². The average Bonchev–Trinajstić information content (AvgIpc) is 3.30.